The van der Waals surface area contributed by atoms with E-state index in [4.69, 9.17) is 5.73 Å². The zero-order valence-corrected chi connectivity index (χ0v) is 13.8. The molecule has 120 valence electrons. The van der Waals surface area contributed by atoms with Crippen LogP contribution in [0.3, 0.4) is 0 Å². The van der Waals surface area contributed by atoms with Crippen LogP contribution in [0.25, 0.3) is 0 Å². The van der Waals surface area contributed by atoms with E-state index in [1.807, 2.05) is 24.3 Å². The summed E-state index contributed by atoms with van der Waals surface area (Å²) in [7, 11) is 0. The fourth-order valence-electron chi connectivity index (χ4n) is 2.20. The smallest absolute Gasteiger partial charge is 0.240 e. The number of carbonyl (C=O) groups excluding carboxylic acids is 2. The van der Waals surface area contributed by atoms with Crippen LogP contribution in [-0.4, -0.2) is 17.9 Å². The molecule has 3 N–H and O–H groups in total. The zero-order chi connectivity index (χ0) is 16.8. The van der Waals surface area contributed by atoms with Gasteiger partial charge in [-0.3, -0.25) is 9.59 Å². The molecule has 1 atom stereocenters. The van der Waals surface area contributed by atoms with Crippen molar-refractivity contribution in [1.82, 2.24) is 5.32 Å². The molecule has 2 aromatic carbocycles. The van der Waals surface area contributed by atoms with Gasteiger partial charge in [-0.15, -0.1) is 0 Å². The van der Waals surface area contributed by atoms with Crippen LogP contribution >= 0.6 is 15.9 Å². The molecule has 23 heavy (non-hydrogen) atoms. The van der Waals surface area contributed by atoms with Gasteiger partial charge in [0.25, 0.3) is 0 Å². The fourth-order valence-corrected chi connectivity index (χ4v) is 2.65. The van der Waals surface area contributed by atoms with Gasteiger partial charge in [0.15, 0.2) is 0 Å². The van der Waals surface area contributed by atoms with Crippen molar-refractivity contribution in [2.24, 2.45) is 5.73 Å². The number of amides is 2. The number of hydrogen-bond donors (Lipinski definition) is 2. The van der Waals surface area contributed by atoms with Gasteiger partial charge in [0, 0.05) is 10.9 Å². The van der Waals surface area contributed by atoms with Gasteiger partial charge >= 0.3 is 0 Å². The third kappa shape index (κ3) is 5.49. The highest BCUT2D eigenvalue weighted by Gasteiger charge is 2.19. The molecule has 6 heteroatoms. The minimum absolute atomic E-state index is 0.0139. The summed E-state index contributed by atoms with van der Waals surface area (Å²) in [5.41, 5.74) is 6.77. The Morgan fingerprint density at radius 2 is 1.83 bits per heavy atom. The van der Waals surface area contributed by atoms with Gasteiger partial charge in [-0.05, 0) is 35.4 Å². The van der Waals surface area contributed by atoms with Crippen molar-refractivity contribution in [3.63, 3.8) is 0 Å². The SMILES string of the molecule is NC(=O)[C@H](Cc1cccc(Br)c1)NC(=O)Cc1cccc(F)c1. The number of hydrogen-bond acceptors (Lipinski definition) is 2. The Bertz CT molecular complexity index is 721. The molecular formula is C17H16BrFN2O2. The third-order valence-electron chi connectivity index (χ3n) is 3.26. The van der Waals surface area contributed by atoms with Crippen LogP contribution in [-0.2, 0) is 22.4 Å². The molecular weight excluding hydrogens is 363 g/mol. The van der Waals surface area contributed by atoms with Crippen molar-refractivity contribution in [2.75, 3.05) is 0 Å². The minimum atomic E-state index is -0.814. The first-order valence-corrected chi connectivity index (χ1v) is 7.81. The monoisotopic (exact) mass is 378 g/mol. The Hall–Kier alpha value is -2.21. The lowest BCUT2D eigenvalue weighted by Crippen LogP contribution is -2.46. The van der Waals surface area contributed by atoms with Crippen LogP contribution in [0.15, 0.2) is 53.0 Å². The molecule has 0 unspecified atom stereocenters. The molecule has 0 aliphatic heterocycles. The average molecular weight is 379 g/mol. The molecule has 0 radical (unpaired) electrons. The molecule has 0 bridgehead atoms. The van der Waals surface area contributed by atoms with E-state index in [-0.39, 0.29) is 12.3 Å². The molecule has 0 spiro atoms. The number of primary amides is 1. The van der Waals surface area contributed by atoms with Crippen molar-refractivity contribution < 1.29 is 14.0 Å². The lowest BCUT2D eigenvalue weighted by Gasteiger charge is -2.16. The van der Waals surface area contributed by atoms with E-state index < -0.39 is 17.8 Å². The first-order chi connectivity index (χ1) is 10.9. The highest BCUT2D eigenvalue weighted by atomic mass is 79.9. The minimum Gasteiger partial charge on any atom is -0.368 e. The second-order valence-corrected chi connectivity index (χ2v) is 6.08. The van der Waals surface area contributed by atoms with Crippen LogP contribution in [0.4, 0.5) is 4.39 Å². The van der Waals surface area contributed by atoms with Crippen molar-refractivity contribution in [2.45, 2.75) is 18.9 Å². The van der Waals surface area contributed by atoms with Gasteiger partial charge in [-0.1, -0.05) is 40.2 Å². The van der Waals surface area contributed by atoms with E-state index in [2.05, 4.69) is 21.2 Å². The van der Waals surface area contributed by atoms with Crippen molar-refractivity contribution in [3.05, 3.63) is 69.9 Å². The lowest BCUT2D eigenvalue weighted by atomic mass is 10.0. The summed E-state index contributed by atoms with van der Waals surface area (Å²) >= 11 is 3.35. The van der Waals surface area contributed by atoms with Crippen LogP contribution in [0.2, 0.25) is 0 Å². The quantitative estimate of drug-likeness (QED) is 0.809. The lowest BCUT2D eigenvalue weighted by molar-refractivity contribution is -0.127. The second-order valence-electron chi connectivity index (χ2n) is 5.16. The maximum atomic E-state index is 13.1. The van der Waals surface area contributed by atoms with Gasteiger partial charge in [-0.25, -0.2) is 4.39 Å². The number of benzene rings is 2. The molecule has 0 aliphatic rings. The topological polar surface area (TPSA) is 72.2 Å². The van der Waals surface area contributed by atoms with E-state index in [0.29, 0.717) is 12.0 Å². The summed E-state index contributed by atoms with van der Waals surface area (Å²) in [4.78, 5) is 23.6. The second kappa shape index (κ2) is 7.87. The Morgan fingerprint density at radius 1 is 1.13 bits per heavy atom. The third-order valence-corrected chi connectivity index (χ3v) is 3.75. The molecule has 0 aromatic heterocycles. The van der Waals surface area contributed by atoms with Gasteiger partial charge < -0.3 is 11.1 Å². The Balaban J connectivity index is 2.01. The van der Waals surface area contributed by atoms with Gasteiger partial charge in [0.2, 0.25) is 11.8 Å². The number of nitrogens with two attached hydrogens (primary N) is 1. The summed E-state index contributed by atoms with van der Waals surface area (Å²) in [6.07, 6.45) is 0.281. The molecule has 4 nitrogen and oxygen atoms in total. The van der Waals surface area contributed by atoms with Crippen LogP contribution in [0.1, 0.15) is 11.1 Å². The molecule has 0 fully saturated rings. The van der Waals surface area contributed by atoms with Crippen molar-refractivity contribution >= 4 is 27.7 Å². The average Bonchev–Trinajstić information content (AvgIpc) is 2.46. The summed E-state index contributed by atoms with van der Waals surface area (Å²) in [5, 5.41) is 2.60. The zero-order valence-electron chi connectivity index (χ0n) is 12.3. The molecule has 0 heterocycles. The summed E-state index contributed by atoms with van der Waals surface area (Å²) in [6.45, 7) is 0. The van der Waals surface area contributed by atoms with Crippen molar-refractivity contribution in [3.8, 4) is 0 Å². The standard InChI is InChI=1S/C17H16BrFN2O2/c18-13-5-1-3-11(7-13)9-15(17(20)23)21-16(22)10-12-4-2-6-14(19)8-12/h1-8,15H,9-10H2,(H2,20,23)(H,21,22)/t15-/m0/s1. The van der Waals surface area contributed by atoms with Gasteiger partial charge in [0.1, 0.15) is 11.9 Å². The highest BCUT2D eigenvalue weighted by molar-refractivity contribution is 9.10. The first kappa shape index (κ1) is 17.1. The molecule has 2 aromatic rings. The molecule has 2 rings (SSSR count). The van der Waals surface area contributed by atoms with Crippen LogP contribution < -0.4 is 11.1 Å². The van der Waals surface area contributed by atoms with E-state index in [1.165, 1.54) is 18.2 Å². The maximum absolute atomic E-state index is 13.1. The highest BCUT2D eigenvalue weighted by Crippen LogP contribution is 2.13. The molecule has 0 aliphatic carbocycles. The molecule has 0 saturated carbocycles. The van der Waals surface area contributed by atoms with Crippen LogP contribution in [0.5, 0.6) is 0 Å². The normalized spacial score (nSPS) is 11.7. The maximum Gasteiger partial charge on any atom is 0.240 e. The Kier molecular flexibility index (Phi) is 5.87. The molecule has 0 saturated heterocycles. The van der Waals surface area contributed by atoms with E-state index in [1.54, 1.807) is 6.07 Å². The van der Waals surface area contributed by atoms with E-state index in [9.17, 15) is 14.0 Å². The fraction of sp³-hybridized carbons (Fsp3) is 0.176. The number of carbonyl (C=O) groups is 2. The summed E-state index contributed by atoms with van der Waals surface area (Å²) < 4.78 is 14.0. The van der Waals surface area contributed by atoms with Gasteiger partial charge in [0.05, 0.1) is 6.42 Å². The predicted molar refractivity (Wildman–Crippen MR) is 89.1 cm³/mol. The Labute approximate surface area is 142 Å². The molecule has 2 amide bonds. The van der Waals surface area contributed by atoms with E-state index in [0.717, 1.165) is 10.0 Å². The van der Waals surface area contributed by atoms with Crippen molar-refractivity contribution in [1.29, 1.82) is 0 Å². The predicted octanol–water partition coefficient (Wildman–Crippen LogP) is 2.34. The Morgan fingerprint density at radius 3 is 2.48 bits per heavy atom. The van der Waals surface area contributed by atoms with Gasteiger partial charge in [-0.2, -0.15) is 0 Å². The summed E-state index contributed by atoms with van der Waals surface area (Å²) in [5.74, 6) is -1.40. The van der Waals surface area contributed by atoms with Crippen LogP contribution in [0, 0.1) is 5.82 Å². The number of rotatable bonds is 6. The largest absolute Gasteiger partial charge is 0.368 e. The van der Waals surface area contributed by atoms with E-state index >= 15 is 0 Å². The first-order valence-electron chi connectivity index (χ1n) is 7.01. The summed E-state index contributed by atoms with van der Waals surface area (Å²) in [6, 6.07) is 12.4. The number of halogens is 2. The number of nitrogens with one attached hydrogen (secondary N) is 1.